The number of carbonyl (C=O) groups is 2. The van der Waals surface area contributed by atoms with Crippen LogP contribution in [0.1, 0.15) is 51.2 Å². The second-order valence-corrected chi connectivity index (χ2v) is 9.22. The van der Waals surface area contributed by atoms with Gasteiger partial charge in [-0.2, -0.15) is 0 Å². The summed E-state index contributed by atoms with van der Waals surface area (Å²) in [6.07, 6.45) is -0.531. The van der Waals surface area contributed by atoms with Crippen molar-refractivity contribution in [1.82, 2.24) is 5.32 Å². The third-order valence-electron chi connectivity index (χ3n) is 3.83. The van der Waals surface area contributed by atoms with Crippen molar-refractivity contribution in [1.29, 1.82) is 0 Å². The molecule has 1 aliphatic rings. The number of nitrogens with one attached hydrogen (secondary N) is 1. The fraction of sp³-hybridized carbons (Fsp3) is 0.556. The Morgan fingerprint density at radius 2 is 1.96 bits per heavy atom. The summed E-state index contributed by atoms with van der Waals surface area (Å²) in [5.41, 5.74) is 0.667. The van der Waals surface area contributed by atoms with Crippen LogP contribution in [0.4, 0.5) is 4.79 Å². The van der Waals surface area contributed by atoms with Crippen LogP contribution in [0.25, 0.3) is 0 Å². The Bertz CT molecular complexity index is 794. The van der Waals surface area contributed by atoms with Crippen molar-refractivity contribution in [2.45, 2.75) is 57.1 Å². The zero-order chi connectivity index (χ0) is 19.5. The van der Waals surface area contributed by atoms with Gasteiger partial charge in [0.1, 0.15) is 5.60 Å². The molecule has 1 N–H and O–H groups in total. The molecule has 1 heterocycles. The maximum atomic E-state index is 12.4. The molecule has 1 unspecified atom stereocenters. The fourth-order valence-electron chi connectivity index (χ4n) is 2.82. The summed E-state index contributed by atoms with van der Waals surface area (Å²) in [5, 5.41) is 2.60. The van der Waals surface area contributed by atoms with Gasteiger partial charge < -0.3 is 14.8 Å². The first-order valence-corrected chi connectivity index (χ1v) is 10.1. The molecule has 1 aliphatic heterocycles. The minimum atomic E-state index is -3.46. The predicted octanol–water partition coefficient (Wildman–Crippen LogP) is 2.54. The van der Waals surface area contributed by atoms with Crippen LogP contribution < -0.4 is 5.32 Å². The summed E-state index contributed by atoms with van der Waals surface area (Å²) < 4.78 is 34.9. The second-order valence-electron chi connectivity index (χ2n) is 7.22. The molecule has 0 spiro atoms. The monoisotopic (exact) mass is 383 g/mol. The van der Waals surface area contributed by atoms with Crippen molar-refractivity contribution in [3.63, 3.8) is 0 Å². The molecule has 0 saturated carbocycles. The maximum Gasteiger partial charge on any atom is 0.407 e. The van der Waals surface area contributed by atoms with Gasteiger partial charge in [0, 0.05) is 12.5 Å². The quantitative estimate of drug-likeness (QED) is 0.785. The number of sulfone groups is 1. The van der Waals surface area contributed by atoms with E-state index in [0.29, 0.717) is 11.1 Å². The van der Waals surface area contributed by atoms with E-state index in [1.807, 2.05) is 0 Å². The Hall–Kier alpha value is -2.09. The Kier molecular flexibility index (Phi) is 5.95. The van der Waals surface area contributed by atoms with Gasteiger partial charge >= 0.3 is 12.1 Å². The molecule has 7 nitrogen and oxygen atoms in total. The number of ether oxygens (including phenoxy) is 2. The molecule has 1 aromatic rings. The molecular formula is C18H25NO6S. The maximum absolute atomic E-state index is 12.4. The molecule has 0 fully saturated rings. The van der Waals surface area contributed by atoms with Gasteiger partial charge in [-0.15, -0.1) is 0 Å². The van der Waals surface area contributed by atoms with E-state index >= 15 is 0 Å². The van der Waals surface area contributed by atoms with E-state index in [2.05, 4.69) is 5.32 Å². The number of alkyl carbamates (subject to hydrolysis) is 1. The van der Waals surface area contributed by atoms with Crippen LogP contribution >= 0.6 is 0 Å². The first-order valence-electron chi connectivity index (χ1n) is 8.50. The molecule has 1 atom stereocenters. The number of amides is 1. The van der Waals surface area contributed by atoms with E-state index in [-0.39, 0.29) is 30.2 Å². The minimum Gasteiger partial charge on any atom is -0.466 e. The summed E-state index contributed by atoms with van der Waals surface area (Å²) in [6.45, 7) is 7.41. The Balaban J connectivity index is 2.11. The standard InChI is InChI=1S/C18H25NO6S/c1-5-24-16(20)9-13-11-26(22,23)15-8-12(6-7-14(13)15)10-19-17(21)25-18(2,3)4/h6-8,13H,5,9-11H2,1-4H3,(H,19,21). The highest BCUT2D eigenvalue weighted by molar-refractivity contribution is 7.91. The number of esters is 1. The summed E-state index contributed by atoms with van der Waals surface area (Å²) in [6, 6.07) is 5.00. The van der Waals surface area contributed by atoms with Crippen LogP contribution in [0.5, 0.6) is 0 Å². The van der Waals surface area contributed by atoms with Crippen LogP contribution in [0.2, 0.25) is 0 Å². The van der Waals surface area contributed by atoms with Crippen molar-refractivity contribution in [2.24, 2.45) is 0 Å². The number of carbonyl (C=O) groups excluding carboxylic acids is 2. The zero-order valence-electron chi connectivity index (χ0n) is 15.5. The number of rotatable bonds is 5. The van der Waals surface area contributed by atoms with Gasteiger partial charge in [0.2, 0.25) is 0 Å². The molecule has 8 heteroatoms. The third kappa shape index (κ3) is 5.20. The van der Waals surface area contributed by atoms with Crippen molar-refractivity contribution in [3.05, 3.63) is 29.3 Å². The van der Waals surface area contributed by atoms with Crippen molar-refractivity contribution in [3.8, 4) is 0 Å². The summed E-state index contributed by atoms with van der Waals surface area (Å²) in [7, 11) is -3.46. The van der Waals surface area contributed by atoms with Crippen molar-refractivity contribution in [2.75, 3.05) is 12.4 Å². The van der Waals surface area contributed by atoms with Crippen molar-refractivity contribution < 1.29 is 27.5 Å². The predicted molar refractivity (Wildman–Crippen MR) is 95.6 cm³/mol. The van der Waals surface area contributed by atoms with Crippen LogP contribution in [-0.4, -0.2) is 38.4 Å². The number of hydrogen-bond donors (Lipinski definition) is 1. The van der Waals surface area contributed by atoms with Crippen LogP contribution in [0.15, 0.2) is 23.1 Å². The minimum absolute atomic E-state index is 0.0373. The van der Waals surface area contributed by atoms with E-state index in [4.69, 9.17) is 9.47 Å². The van der Waals surface area contributed by atoms with Gasteiger partial charge in [0.05, 0.1) is 23.7 Å². The van der Waals surface area contributed by atoms with E-state index in [9.17, 15) is 18.0 Å². The fourth-order valence-corrected chi connectivity index (χ4v) is 4.75. The molecule has 26 heavy (non-hydrogen) atoms. The van der Waals surface area contributed by atoms with Crippen LogP contribution in [-0.2, 0) is 30.7 Å². The molecule has 144 valence electrons. The Morgan fingerprint density at radius 3 is 2.58 bits per heavy atom. The highest BCUT2D eigenvalue weighted by atomic mass is 32.2. The summed E-state index contributed by atoms with van der Waals surface area (Å²) >= 11 is 0. The SMILES string of the molecule is CCOC(=O)CC1CS(=O)(=O)c2cc(CNC(=O)OC(C)(C)C)ccc21. The van der Waals surface area contributed by atoms with E-state index in [0.717, 1.165) is 0 Å². The van der Waals surface area contributed by atoms with Crippen LogP contribution in [0.3, 0.4) is 0 Å². The average molecular weight is 383 g/mol. The Labute approximate surface area is 154 Å². The van der Waals surface area contributed by atoms with Gasteiger partial charge in [-0.3, -0.25) is 4.79 Å². The molecule has 2 rings (SSSR count). The molecule has 0 radical (unpaired) electrons. The number of benzene rings is 1. The van der Waals surface area contributed by atoms with E-state index in [1.165, 1.54) is 0 Å². The van der Waals surface area contributed by atoms with Gasteiger partial charge in [0.15, 0.2) is 9.84 Å². The van der Waals surface area contributed by atoms with Gasteiger partial charge in [0.25, 0.3) is 0 Å². The zero-order valence-corrected chi connectivity index (χ0v) is 16.3. The topological polar surface area (TPSA) is 98.8 Å². The smallest absolute Gasteiger partial charge is 0.407 e. The van der Waals surface area contributed by atoms with Gasteiger partial charge in [-0.25, -0.2) is 13.2 Å². The summed E-state index contributed by atoms with van der Waals surface area (Å²) in [4.78, 5) is 23.6. The van der Waals surface area contributed by atoms with E-state index < -0.39 is 33.4 Å². The lowest BCUT2D eigenvalue weighted by Gasteiger charge is -2.19. The molecule has 0 saturated heterocycles. The molecule has 1 aromatic carbocycles. The van der Waals surface area contributed by atoms with Gasteiger partial charge in [-0.05, 0) is 44.9 Å². The first-order chi connectivity index (χ1) is 12.0. The average Bonchev–Trinajstić information content (AvgIpc) is 2.74. The normalized spacial score (nSPS) is 18.1. The van der Waals surface area contributed by atoms with Gasteiger partial charge in [-0.1, -0.05) is 12.1 Å². The molecule has 0 aromatic heterocycles. The lowest BCUT2D eigenvalue weighted by molar-refractivity contribution is -0.143. The first kappa shape index (κ1) is 20.2. The number of fused-ring (bicyclic) bond motifs is 1. The third-order valence-corrected chi connectivity index (χ3v) is 5.69. The lowest BCUT2D eigenvalue weighted by atomic mass is 9.97. The largest absolute Gasteiger partial charge is 0.466 e. The molecule has 0 aliphatic carbocycles. The highest BCUT2D eigenvalue weighted by Gasteiger charge is 2.36. The lowest BCUT2D eigenvalue weighted by Crippen LogP contribution is -2.32. The Morgan fingerprint density at radius 1 is 1.27 bits per heavy atom. The van der Waals surface area contributed by atoms with E-state index in [1.54, 1.807) is 45.9 Å². The summed E-state index contributed by atoms with van der Waals surface area (Å²) in [5.74, 6) is -0.914. The molecule has 0 bridgehead atoms. The van der Waals surface area contributed by atoms with Crippen molar-refractivity contribution >= 4 is 21.9 Å². The molecule has 1 amide bonds. The van der Waals surface area contributed by atoms with Crippen LogP contribution in [0, 0.1) is 0 Å². The molecular weight excluding hydrogens is 358 g/mol. The highest BCUT2D eigenvalue weighted by Crippen LogP contribution is 2.37. The second kappa shape index (κ2) is 7.65. The number of hydrogen-bond acceptors (Lipinski definition) is 6.